The molecule has 0 fully saturated rings. The van der Waals surface area contributed by atoms with Gasteiger partial charge in [0, 0.05) is 42.0 Å². The predicted molar refractivity (Wildman–Crippen MR) is 147 cm³/mol. The maximum absolute atomic E-state index is 15.6. The first kappa shape index (κ1) is 26.6. The highest BCUT2D eigenvalue weighted by Gasteiger charge is 2.39. The molecule has 0 saturated heterocycles. The number of benzene rings is 3. The highest BCUT2D eigenvalue weighted by atomic mass is 19.1. The Balaban J connectivity index is 1.63. The van der Waals surface area contributed by atoms with Gasteiger partial charge < -0.3 is 5.11 Å². The Bertz CT molecular complexity index is 1570. The summed E-state index contributed by atoms with van der Waals surface area (Å²) in [4.78, 5) is 16.9. The number of fused-ring (bicyclic) bond motifs is 2. The van der Waals surface area contributed by atoms with Gasteiger partial charge in [-0.15, -0.1) is 0 Å². The topological polar surface area (TPSA) is 53.4 Å². The van der Waals surface area contributed by atoms with Crippen molar-refractivity contribution in [2.75, 3.05) is 6.54 Å². The molecule has 1 aromatic heterocycles. The van der Waals surface area contributed by atoms with Gasteiger partial charge in [0.15, 0.2) is 0 Å². The van der Waals surface area contributed by atoms with Crippen LogP contribution in [0.25, 0.3) is 28.0 Å². The van der Waals surface area contributed by atoms with E-state index in [1.807, 2.05) is 48.4 Å². The molecular formula is C32H29F3N2O2. The zero-order chi connectivity index (χ0) is 27.9. The minimum absolute atomic E-state index is 0.0156. The molecule has 0 radical (unpaired) electrons. The van der Waals surface area contributed by atoms with Crippen LogP contribution in [0.3, 0.4) is 0 Å². The van der Waals surface area contributed by atoms with Crippen LogP contribution in [0.4, 0.5) is 13.2 Å². The van der Waals surface area contributed by atoms with Crippen molar-refractivity contribution in [1.82, 2.24) is 9.88 Å². The number of hydrogen-bond acceptors (Lipinski definition) is 3. The highest BCUT2D eigenvalue weighted by Crippen LogP contribution is 2.42. The summed E-state index contributed by atoms with van der Waals surface area (Å²) in [6.07, 6.45) is 6.12. The monoisotopic (exact) mass is 530 g/mol. The third kappa shape index (κ3) is 5.59. The first-order valence-corrected chi connectivity index (χ1v) is 12.8. The maximum atomic E-state index is 15.6. The van der Waals surface area contributed by atoms with Gasteiger partial charge in [-0.25, -0.2) is 18.0 Å². The summed E-state index contributed by atoms with van der Waals surface area (Å²) < 4.78 is 46.2. The summed E-state index contributed by atoms with van der Waals surface area (Å²) in [6.45, 7) is 4.84. The molecule has 39 heavy (non-hydrogen) atoms. The third-order valence-electron chi connectivity index (χ3n) is 7.18. The van der Waals surface area contributed by atoms with Gasteiger partial charge in [0.25, 0.3) is 0 Å². The van der Waals surface area contributed by atoms with Crippen LogP contribution in [0.5, 0.6) is 0 Å². The molecule has 7 heteroatoms. The number of aromatic nitrogens is 1. The fraction of sp³-hybridized carbons (Fsp3) is 0.250. The van der Waals surface area contributed by atoms with Crippen LogP contribution in [-0.2, 0) is 11.2 Å². The van der Waals surface area contributed by atoms with E-state index in [0.717, 1.165) is 57.3 Å². The second-order valence-electron chi connectivity index (χ2n) is 10.8. The molecule has 0 aliphatic carbocycles. The van der Waals surface area contributed by atoms with Crippen molar-refractivity contribution in [2.45, 2.75) is 44.9 Å². The zero-order valence-electron chi connectivity index (χ0n) is 22.0. The number of hydrogen-bond donors (Lipinski definition) is 1. The molecule has 200 valence electrons. The van der Waals surface area contributed by atoms with Crippen LogP contribution < -0.4 is 0 Å². The molecule has 3 aromatic carbocycles. The number of alkyl halides is 1. The second kappa shape index (κ2) is 10.3. The lowest BCUT2D eigenvalue weighted by atomic mass is 9.82. The van der Waals surface area contributed by atoms with E-state index in [0.29, 0.717) is 6.42 Å². The van der Waals surface area contributed by atoms with Crippen LogP contribution in [0.1, 0.15) is 49.1 Å². The Labute approximate surface area is 225 Å². The molecule has 0 bridgehead atoms. The molecule has 1 N–H and O–H groups in total. The van der Waals surface area contributed by atoms with E-state index in [1.165, 1.54) is 13.8 Å². The molecule has 1 aliphatic heterocycles. The van der Waals surface area contributed by atoms with Gasteiger partial charge in [0.1, 0.15) is 17.3 Å². The number of halogens is 3. The van der Waals surface area contributed by atoms with Crippen molar-refractivity contribution in [3.63, 3.8) is 0 Å². The van der Waals surface area contributed by atoms with Gasteiger partial charge in [0.05, 0.1) is 6.04 Å². The smallest absolute Gasteiger partial charge is 0.328 e. The number of rotatable bonds is 6. The van der Waals surface area contributed by atoms with Gasteiger partial charge in [0.2, 0.25) is 0 Å². The number of carbonyl (C=O) groups is 1. The summed E-state index contributed by atoms with van der Waals surface area (Å²) in [5.41, 5.74) is 1.98. The standard InChI is InChI=1S/C32H29F3N2O2/c1-19-12-25-16-22(21-5-6-24-17-36-11-10-23(24)15-21)7-8-26(25)31(37(19)18-32(2,3)35)30-27(33)13-20(14-28(30)34)4-9-29(38)39/h4-11,13-17,19,31H,12,18H2,1-3H3,(H,38,39)/b9-4+/t19-,31+/m0/s1. The van der Waals surface area contributed by atoms with E-state index in [1.54, 1.807) is 6.20 Å². The van der Waals surface area contributed by atoms with Crippen molar-refractivity contribution in [3.05, 3.63) is 107 Å². The molecule has 0 saturated carbocycles. The van der Waals surface area contributed by atoms with Crippen molar-refractivity contribution < 1.29 is 23.1 Å². The summed E-state index contributed by atoms with van der Waals surface area (Å²) >= 11 is 0. The molecule has 2 heterocycles. The first-order chi connectivity index (χ1) is 18.5. The van der Waals surface area contributed by atoms with Crippen LogP contribution in [0, 0.1) is 11.6 Å². The maximum Gasteiger partial charge on any atom is 0.328 e. The number of nitrogens with zero attached hydrogens (tertiary/aromatic N) is 2. The quantitative estimate of drug-likeness (QED) is 0.265. The lowest BCUT2D eigenvalue weighted by Gasteiger charge is -2.44. The van der Waals surface area contributed by atoms with Crippen molar-refractivity contribution in [1.29, 1.82) is 0 Å². The molecule has 5 rings (SSSR count). The van der Waals surface area contributed by atoms with E-state index in [2.05, 4.69) is 17.1 Å². The minimum Gasteiger partial charge on any atom is -0.478 e. The third-order valence-corrected chi connectivity index (χ3v) is 7.18. The number of carboxylic acids is 1. The largest absolute Gasteiger partial charge is 0.478 e. The van der Waals surface area contributed by atoms with Crippen molar-refractivity contribution in [2.24, 2.45) is 0 Å². The molecule has 2 atom stereocenters. The Morgan fingerprint density at radius 3 is 2.44 bits per heavy atom. The van der Waals surface area contributed by atoms with E-state index in [-0.39, 0.29) is 23.7 Å². The number of pyridine rings is 1. The summed E-state index contributed by atoms with van der Waals surface area (Å²) in [5, 5.41) is 11.0. The normalized spacial score (nSPS) is 18.0. The highest BCUT2D eigenvalue weighted by molar-refractivity contribution is 5.87. The Morgan fingerprint density at radius 1 is 1.05 bits per heavy atom. The van der Waals surface area contributed by atoms with Gasteiger partial charge >= 0.3 is 5.97 Å². The van der Waals surface area contributed by atoms with E-state index >= 15 is 8.78 Å². The summed E-state index contributed by atoms with van der Waals surface area (Å²) in [5.74, 6) is -2.83. The molecule has 0 unspecified atom stereocenters. The minimum atomic E-state index is -1.60. The molecular weight excluding hydrogens is 501 g/mol. The fourth-order valence-electron chi connectivity index (χ4n) is 5.49. The molecule has 0 amide bonds. The lowest BCUT2D eigenvalue weighted by molar-refractivity contribution is -0.131. The average Bonchev–Trinajstić information content (AvgIpc) is 2.87. The Hall–Kier alpha value is -3.97. The fourth-order valence-corrected chi connectivity index (χ4v) is 5.49. The summed E-state index contributed by atoms with van der Waals surface area (Å²) in [7, 11) is 0. The van der Waals surface area contributed by atoms with Crippen LogP contribution in [0.2, 0.25) is 0 Å². The van der Waals surface area contributed by atoms with E-state index < -0.39 is 29.3 Å². The van der Waals surface area contributed by atoms with Crippen LogP contribution in [-0.4, -0.2) is 39.2 Å². The van der Waals surface area contributed by atoms with Crippen LogP contribution >= 0.6 is 0 Å². The predicted octanol–water partition coefficient (Wildman–Crippen LogP) is 7.36. The van der Waals surface area contributed by atoms with Crippen molar-refractivity contribution >= 4 is 22.8 Å². The van der Waals surface area contributed by atoms with E-state index in [4.69, 9.17) is 5.11 Å². The molecule has 0 spiro atoms. The van der Waals surface area contributed by atoms with Crippen LogP contribution in [0.15, 0.2) is 73.1 Å². The van der Waals surface area contributed by atoms with Gasteiger partial charge in [-0.05, 0) is 90.7 Å². The lowest BCUT2D eigenvalue weighted by Crippen LogP contribution is -2.48. The Morgan fingerprint density at radius 2 is 1.74 bits per heavy atom. The average molecular weight is 531 g/mol. The molecule has 1 aliphatic rings. The number of aliphatic carboxylic acids is 1. The zero-order valence-corrected chi connectivity index (χ0v) is 22.0. The summed E-state index contributed by atoms with van der Waals surface area (Å²) in [6, 6.07) is 15.1. The first-order valence-electron chi connectivity index (χ1n) is 12.8. The molecule has 4 nitrogen and oxygen atoms in total. The van der Waals surface area contributed by atoms with Crippen molar-refractivity contribution in [3.8, 4) is 11.1 Å². The Kier molecular flexibility index (Phi) is 7.03. The molecule has 4 aromatic rings. The van der Waals surface area contributed by atoms with Gasteiger partial charge in [-0.2, -0.15) is 0 Å². The van der Waals surface area contributed by atoms with Gasteiger partial charge in [-0.1, -0.05) is 30.3 Å². The number of carboxylic acid groups (broad SMARTS) is 1. The second-order valence-corrected chi connectivity index (χ2v) is 10.8. The van der Waals surface area contributed by atoms with Gasteiger partial charge in [-0.3, -0.25) is 9.88 Å². The SMILES string of the molecule is C[C@H]1Cc2cc(-c3ccc4cnccc4c3)ccc2[C@H](c2c(F)cc(/C=C/C(=O)O)cc2F)N1CC(C)(C)F. The van der Waals surface area contributed by atoms with E-state index in [9.17, 15) is 9.18 Å².